The molecule has 3 atom stereocenters. The molecule has 0 radical (unpaired) electrons. The van der Waals surface area contributed by atoms with Gasteiger partial charge in [-0.25, -0.2) is 0 Å². The molecule has 0 spiro atoms. The average Bonchev–Trinajstić information content (AvgIpc) is 2.61. The number of hydrogen-bond acceptors (Lipinski definition) is 10. The highest BCUT2D eigenvalue weighted by Crippen LogP contribution is 1.98. The van der Waals surface area contributed by atoms with Gasteiger partial charge in [0.2, 0.25) is 0 Å². The second-order valence-corrected chi connectivity index (χ2v) is 5.21. The van der Waals surface area contributed by atoms with Crippen LogP contribution < -0.4 is 0 Å². The standard InChI is InChI=1S/C15H27NO9/c1-3-14(19)24-6-11(16-21)5-22-7-12(17)8-23-9-13(18)10-25-15(20)4-2/h11-13,17-18H,3-10H2,1-2H3. The van der Waals surface area contributed by atoms with Crippen molar-refractivity contribution in [1.29, 1.82) is 0 Å². The lowest BCUT2D eigenvalue weighted by atomic mass is 10.3. The molecule has 0 fully saturated rings. The number of aliphatic hydroxyl groups excluding tert-OH is 2. The number of rotatable bonds is 15. The van der Waals surface area contributed by atoms with Crippen molar-refractivity contribution in [1.82, 2.24) is 0 Å². The van der Waals surface area contributed by atoms with Crippen LogP contribution in [-0.2, 0) is 28.5 Å². The number of aliphatic hydroxyl groups is 2. The summed E-state index contributed by atoms with van der Waals surface area (Å²) >= 11 is 0. The van der Waals surface area contributed by atoms with Crippen molar-refractivity contribution in [2.45, 2.75) is 44.9 Å². The first-order valence-corrected chi connectivity index (χ1v) is 8.08. The maximum Gasteiger partial charge on any atom is 0.305 e. The minimum absolute atomic E-state index is 0.104. The van der Waals surface area contributed by atoms with Gasteiger partial charge in [0.05, 0.1) is 26.4 Å². The number of esters is 2. The van der Waals surface area contributed by atoms with Gasteiger partial charge in [0.25, 0.3) is 0 Å². The van der Waals surface area contributed by atoms with Gasteiger partial charge in [-0.05, 0) is 0 Å². The molecule has 0 heterocycles. The third-order valence-corrected chi connectivity index (χ3v) is 2.84. The third kappa shape index (κ3) is 13.4. The van der Waals surface area contributed by atoms with Gasteiger partial charge in [0.1, 0.15) is 31.5 Å². The first kappa shape index (κ1) is 23.4. The van der Waals surface area contributed by atoms with E-state index in [0.29, 0.717) is 0 Å². The number of nitroso groups, excluding NO2 is 1. The Bertz CT molecular complexity index is 391. The molecule has 0 amide bonds. The SMILES string of the molecule is CCC(=O)OCC(O)COCC(O)COCC(COC(=O)CC)N=O. The van der Waals surface area contributed by atoms with E-state index in [1.165, 1.54) is 0 Å². The summed E-state index contributed by atoms with van der Waals surface area (Å²) in [6.07, 6.45) is -1.54. The second-order valence-electron chi connectivity index (χ2n) is 5.21. The smallest absolute Gasteiger partial charge is 0.305 e. The lowest BCUT2D eigenvalue weighted by Crippen LogP contribution is -2.29. The molecule has 0 aliphatic carbocycles. The number of ether oxygens (including phenoxy) is 4. The van der Waals surface area contributed by atoms with E-state index in [-0.39, 0.29) is 52.5 Å². The summed E-state index contributed by atoms with van der Waals surface area (Å²) in [7, 11) is 0. The molecule has 25 heavy (non-hydrogen) atoms. The predicted octanol–water partition coefficient (Wildman–Crippen LogP) is -0.217. The van der Waals surface area contributed by atoms with Crippen LogP contribution in [0.25, 0.3) is 0 Å². The summed E-state index contributed by atoms with van der Waals surface area (Å²) in [6.45, 7) is 2.47. The van der Waals surface area contributed by atoms with Gasteiger partial charge in [0, 0.05) is 12.8 Å². The van der Waals surface area contributed by atoms with Crippen LogP contribution >= 0.6 is 0 Å². The number of nitrogens with zero attached hydrogens (tertiary/aromatic N) is 1. The molecule has 0 aliphatic heterocycles. The molecule has 0 saturated heterocycles. The fraction of sp³-hybridized carbons (Fsp3) is 0.867. The third-order valence-electron chi connectivity index (χ3n) is 2.84. The summed E-state index contributed by atoms with van der Waals surface area (Å²) in [5, 5.41) is 21.9. The van der Waals surface area contributed by atoms with Gasteiger partial charge >= 0.3 is 11.9 Å². The predicted molar refractivity (Wildman–Crippen MR) is 85.7 cm³/mol. The second kappa shape index (κ2) is 14.7. The zero-order valence-electron chi connectivity index (χ0n) is 14.6. The van der Waals surface area contributed by atoms with Crippen LogP contribution in [0.15, 0.2) is 5.18 Å². The number of hydrogen-bond donors (Lipinski definition) is 2. The summed E-state index contributed by atoms with van der Waals surface area (Å²) in [6, 6.07) is -0.848. The Hall–Kier alpha value is -1.62. The van der Waals surface area contributed by atoms with Crippen molar-refractivity contribution < 1.29 is 38.7 Å². The van der Waals surface area contributed by atoms with Gasteiger partial charge in [-0.1, -0.05) is 19.0 Å². The van der Waals surface area contributed by atoms with Crippen molar-refractivity contribution in [2.75, 3.05) is 39.6 Å². The molecular formula is C15H27NO9. The Morgan fingerprint density at radius 1 is 0.800 bits per heavy atom. The van der Waals surface area contributed by atoms with E-state index in [0.717, 1.165) is 0 Å². The van der Waals surface area contributed by atoms with Crippen LogP contribution in [0.1, 0.15) is 26.7 Å². The monoisotopic (exact) mass is 365 g/mol. The van der Waals surface area contributed by atoms with E-state index in [2.05, 4.69) is 5.18 Å². The normalized spacial score (nSPS) is 14.4. The molecule has 146 valence electrons. The molecule has 0 saturated carbocycles. The van der Waals surface area contributed by atoms with Crippen molar-refractivity contribution >= 4 is 11.9 Å². The summed E-state index contributed by atoms with van der Waals surface area (Å²) < 4.78 is 19.7. The molecule has 0 aromatic heterocycles. The Morgan fingerprint density at radius 3 is 1.72 bits per heavy atom. The Labute approximate surface area is 146 Å². The van der Waals surface area contributed by atoms with Gasteiger partial charge in [-0.3, -0.25) is 9.59 Å². The maximum absolute atomic E-state index is 11.0. The van der Waals surface area contributed by atoms with E-state index in [9.17, 15) is 24.7 Å². The summed E-state index contributed by atoms with van der Waals surface area (Å²) in [5.74, 6) is -0.860. The lowest BCUT2D eigenvalue weighted by Gasteiger charge is -2.15. The van der Waals surface area contributed by atoms with Crippen LogP contribution in [0.2, 0.25) is 0 Å². The topological polar surface area (TPSA) is 141 Å². The maximum atomic E-state index is 11.0. The van der Waals surface area contributed by atoms with Crippen LogP contribution in [0.3, 0.4) is 0 Å². The number of carbonyl (C=O) groups is 2. The Balaban J connectivity index is 3.74. The molecule has 3 unspecified atom stereocenters. The van der Waals surface area contributed by atoms with Crippen molar-refractivity contribution in [3.05, 3.63) is 4.91 Å². The van der Waals surface area contributed by atoms with Crippen LogP contribution in [0.5, 0.6) is 0 Å². The molecule has 0 rings (SSSR count). The first-order valence-electron chi connectivity index (χ1n) is 8.08. The largest absolute Gasteiger partial charge is 0.463 e. The molecule has 0 aliphatic rings. The highest BCUT2D eigenvalue weighted by atomic mass is 16.6. The quantitative estimate of drug-likeness (QED) is 0.297. The van der Waals surface area contributed by atoms with Gasteiger partial charge in [-0.15, -0.1) is 0 Å². The first-order chi connectivity index (χ1) is 11.9. The minimum atomic E-state index is -0.986. The zero-order chi connectivity index (χ0) is 19.1. The minimum Gasteiger partial charge on any atom is -0.463 e. The highest BCUT2D eigenvalue weighted by Gasteiger charge is 2.14. The molecule has 10 heteroatoms. The van der Waals surface area contributed by atoms with Crippen LogP contribution in [0, 0.1) is 4.91 Å². The van der Waals surface area contributed by atoms with E-state index in [4.69, 9.17) is 18.9 Å². The van der Waals surface area contributed by atoms with Crippen molar-refractivity contribution in [3.63, 3.8) is 0 Å². The fourth-order valence-corrected chi connectivity index (χ4v) is 1.47. The molecule has 0 aromatic rings. The Morgan fingerprint density at radius 2 is 1.24 bits per heavy atom. The molecule has 0 aromatic carbocycles. The van der Waals surface area contributed by atoms with Crippen LogP contribution in [0.4, 0.5) is 0 Å². The van der Waals surface area contributed by atoms with Crippen LogP contribution in [-0.4, -0.2) is 80.0 Å². The summed E-state index contributed by atoms with van der Waals surface area (Å²) in [4.78, 5) is 32.5. The van der Waals surface area contributed by atoms with E-state index >= 15 is 0 Å². The average molecular weight is 365 g/mol. The van der Waals surface area contributed by atoms with Gasteiger partial charge in [-0.2, -0.15) is 4.91 Å². The van der Waals surface area contributed by atoms with Gasteiger partial charge in [0.15, 0.2) is 0 Å². The Kier molecular flexibility index (Phi) is 13.7. The zero-order valence-corrected chi connectivity index (χ0v) is 14.6. The fourth-order valence-electron chi connectivity index (χ4n) is 1.47. The molecule has 0 bridgehead atoms. The van der Waals surface area contributed by atoms with E-state index in [1.807, 2.05) is 0 Å². The number of carbonyl (C=O) groups excluding carboxylic acids is 2. The lowest BCUT2D eigenvalue weighted by molar-refractivity contribution is -0.147. The molecule has 10 nitrogen and oxygen atoms in total. The van der Waals surface area contributed by atoms with Crippen molar-refractivity contribution in [2.24, 2.45) is 5.18 Å². The van der Waals surface area contributed by atoms with Crippen molar-refractivity contribution in [3.8, 4) is 0 Å². The molecular weight excluding hydrogens is 338 g/mol. The van der Waals surface area contributed by atoms with E-state index < -0.39 is 30.2 Å². The van der Waals surface area contributed by atoms with E-state index in [1.54, 1.807) is 13.8 Å². The molecule has 2 N–H and O–H groups in total. The summed E-state index contributed by atoms with van der Waals surface area (Å²) in [5.41, 5.74) is 0. The highest BCUT2D eigenvalue weighted by molar-refractivity contribution is 5.69. The van der Waals surface area contributed by atoms with Gasteiger partial charge < -0.3 is 29.2 Å².